The summed E-state index contributed by atoms with van der Waals surface area (Å²) in [6, 6.07) is 8.31. The Hall–Kier alpha value is -2.15. The summed E-state index contributed by atoms with van der Waals surface area (Å²) in [5.74, 6) is 0. The lowest BCUT2D eigenvalue weighted by atomic mass is 9.97. The molecule has 132 valence electrons. The number of sulfone groups is 1. The first kappa shape index (κ1) is 17.7. The van der Waals surface area contributed by atoms with Crippen molar-refractivity contribution in [2.75, 3.05) is 6.26 Å². The number of allylic oxidation sites excluding steroid dienone is 2. The van der Waals surface area contributed by atoms with Crippen LogP contribution in [0.3, 0.4) is 0 Å². The number of hydrogen-bond acceptors (Lipinski definition) is 3. The van der Waals surface area contributed by atoms with Crippen molar-refractivity contribution in [3.05, 3.63) is 59.3 Å². The molecule has 0 saturated carbocycles. The van der Waals surface area contributed by atoms with Crippen molar-refractivity contribution in [3.8, 4) is 0 Å². The topological polar surface area (TPSA) is 47.0 Å². The Labute approximate surface area is 144 Å². The second-order valence-corrected chi connectivity index (χ2v) is 8.01. The fourth-order valence-electron chi connectivity index (χ4n) is 3.02. The lowest BCUT2D eigenvalue weighted by molar-refractivity contribution is -0.137. The van der Waals surface area contributed by atoms with Crippen molar-refractivity contribution in [2.45, 2.75) is 30.5 Å². The molecule has 0 aliphatic heterocycles. The summed E-state index contributed by atoms with van der Waals surface area (Å²) < 4.78 is 61.1. The number of benzene rings is 1. The molecule has 0 fully saturated rings. The number of alkyl halides is 3. The quantitative estimate of drug-likeness (QED) is 0.797. The zero-order chi connectivity index (χ0) is 18.2. The SMILES string of the molecule is CS(=O)(=O)c1ccc(C2=C(c3ccc(C(F)(F)F)cc3)CCC2)cn1. The van der Waals surface area contributed by atoms with Gasteiger partial charge in [0.25, 0.3) is 0 Å². The van der Waals surface area contributed by atoms with Gasteiger partial charge < -0.3 is 0 Å². The van der Waals surface area contributed by atoms with Gasteiger partial charge in [0.1, 0.15) is 0 Å². The second kappa shape index (κ2) is 6.29. The molecule has 0 amide bonds. The van der Waals surface area contributed by atoms with Crippen LogP contribution in [0, 0.1) is 0 Å². The number of nitrogens with zero attached hydrogens (tertiary/aromatic N) is 1. The highest BCUT2D eigenvalue weighted by Crippen LogP contribution is 2.40. The fourth-order valence-corrected chi connectivity index (χ4v) is 3.58. The van der Waals surface area contributed by atoms with Crippen molar-refractivity contribution in [2.24, 2.45) is 0 Å². The maximum Gasteiger partial charge on any atom is 0.416 e. The van der Waals surface area contributed by atoms with Gasteiger partial charge >= 0.3 is 6.18 Å². The predicted octanol–water partition coefficient (Wildman–Crippen LogP) is 4.60. The monoisotopic (exact) mass is 367 g/mol. The Kier molecular flexibility index (Phi) is 4.45. The van der Waals surface area contributed by atoms with Gasteiger partial charge in [-0.15, -0.1) is 0 Å². The van der Waals surface area contributed by atoms with Crippen LogP contribution in [0.2, 0.25) is 0 Å². The van der Waals surface area contributed by atoms with E-state index in [-0.39, 0.29) is 5.03 Å². The average Bonchev–Trinajstić information content (AvgIpc) is 3.03. The van der Waals surface area contributed by atoms with E-state index in [2.05, 4.69) is 4.98 Å². The molecule has 0 unspecified atom stereocenters. The van der Waals surface area contributed by atoms with Gasteiger partial charge in [-0.2, -0.15) is 13.2 Å². The van der Waals surface area contributed by atoms with E-state index in [1.807, 2.05) is 0 Å². The molecule has 3 nitrogen and oxygen atoms in total. The first-order chi connectivity index (χ1) is 11.7. The van der Waals surface area contributed by atoms with E-state index in [4.69, 9.17) is 0 Å². The second-order valence-electron chi connectivity index (χ2n) is 6.04. The molecule has 3 rings (SSSR count). The maximum atomic E-state index is 12.7. The number of pyridine rings is 1. The van der Waals surface area contributed by atoms with Crippen molar-refractivity contribution in [1.29, 1.82) is 0 Å². The van der Waals surface area contributed by atoms with Crippen molar-refractivity contribution >= 4 is 21.0 Å². The average molecular weight is 367 g/mol. The Bertz CT molecular complexity index is 912. The Balaban J connectivity index is 1.97. The van der Waals surface area contributed by atoms with E-state index < -0.39 is 21.6 Å². The summed E-state index contributed by atoms with van der Waals surface area (Å²) in [7, 11) is -3.36. The van der Waals surface area contributed by atoms with Gasteiger partial charge in [-0.3, -0.25) is 0 Å². The lowest BCUT2D eigenvalue weighted by Crippen LogP contribution is -2.04. The minimum Gasteiger partial charge on any atom is -0.244 e. The largest absolute Gasteiger partial charge is 0.416 e. The summed E-state index contributed by atoms with van der Waals surface area (Å²) in [6.45, 7) is 0. The van der Waals surface area contributed by atoms with Crippen LogP contribution in [0.1, 0.15) is 36.0 Å². The number of aromatic nitrogens is 1. The third-order valence-electron chi connectivity index (χ3n) is 4.24. The molecule has 1 aliphatic carbocycles. The summed E-state index contributed by atoms with van der Waals surface area (Å²) in [5.41, 5.74) is 2.89. The third-order valence-corrected chi connectivity index (χ3v) is 5.24. The summed E-state index contributed by atoms with van der Waals surface area (Å²) in [6.07, 6.45) is 0.722. The highest BCUT2D eigenvalue weighted by Gasteiger charge is 2.30. The Morgan fingerprint density at radius 1 is 0.920 bits per heavy atom. The molecule has 1 aromatic carbocycles. The van der Waals surface area contributed by atoms with E-state index in [1.54, 1.807) is 6.07 Å². The van der Waals surface area contributed by atoms with E-state index in [9.17, 15) is 21.6 Å². The zero-order valence-corrected chi connectivity index (χ0v) is 14.3. The van der Waals surface area contributed by atoms with E-state index >= 15 is 0 Å². The number of rotatable bonds is 3. The van der Waals surface area contributed by atoms with Crippen LogP contribution >= 0.6 is 0 Å². The van der Waals surface area contributed by atoms with Gasteiger partial charge in [0.05, 0.1) is 5.56 Å². The molecule has 0 atom stereocenters. The minimum atomic E-state index is -4.35. The van der Waals surface area contributed by atoms with Crippen LogP contribution in [0.4, 0.5) is 13.2 Å². The highest BCUT2D eigenvalue weighted by atomic mass is 32.2. The van der Waals surface area contributed by atoms with Crippen LogP contribution in [-0.4, -0.2) is 19.7 Å². The van der Waals surface area contributed by atoms with E-state index in [0.717, 1.165) is 59.9 Å². The maximum absolute atomic E-state index is 12.7. The molecule has 2 aromatic rings. The zero-order valence-electron chi connectivity index (χ0n) is 13.5. The van der Waals surface area contributed by atoms with E-state index in [0.29, 0.717) is 0 Å². The normalized spacial score (nSPS) is 15.7. The molecule has 1 heterocycles. The molecule has 0 radical (unpaired) electrons. The molecule has 25 heavy (non-hydrogen) atoms. The first-order valence-electron chi connectivity index (χ1n) is 7.72. The number of halogens is 3. The molecular formula is C18H16F3NO2S. The molecular weight excluding hydrogens is 351 g/mol. The predicted molar refractivity (Wildman–Crippen MR) is 89.5 cm³/mol. The van der Waals surface area contributed by atoms with Crippen LogP contribution in [-0.2, 0) is 16.0 Å². The van der Waals surface area contributed by atoms with Gasteiger partial charge in [0.15, 0.2) is 14.9 Å². The smallest absolute Gasteiger partial charge is 0.244 e. The van der Waals surface area contributed by atoms with Gasteiger partial charge in [-0.1, -0.05) is 18.2 Å². The fraction of sp³-hybridized carbons (Fsp3) is 0.278. The molecule has 0 bridgehead atoms. The molecule has 1 aliphatic rings. The summed E-state index contributed by atoms with van der Waals surface area (Å²) in [4.78, 5) is 4.00. The first-order valence-corrected chi connectivity index (χ1v) is 9.61. The molecule has 0 spiro atoms. The lowest BCUT2D eigenvalue weighted by Gasteiger charge is -2.11. The number of hydrogen-bond donors (Lipinski definition) is 0. The highest BCUT2D eigenvalue weighted by molar-refractivity contribution is 7.90. The van der Waals surface area contributed by atoms with Crippen LogP contribution in [0.5, 0.6) is 0 Å². The third kappa shape index (κ3) is 3.76. The van der Waals surface area contributed by atoms with Gasteiger partial charge in [0, 0.05) is 12.5 Å². The minimum absolute atomic E-state index is 0.00549. The molecule has 0 saturated heterocycles. The van der Waals surface area contributed by atoms with Crippen LogP contribution < -0.4 is 0 Å². The summed E-state index contributed by atoms with van der Waals surface area (Å²) >= 11 is 0. The standard InChI is InChI=1S/C18H16F3NO2S/c1-25(23,24)17-10-7-13(11-22-17)16-4-2-3-15(16)12-5-8-14(9-6-12)18(19,20)21/h5-11H,2-4H2,1H3. The van der Waals surface area contributed by atoms with Gasteiger partial charge in [-0.05, 0) is 59.7 Å². The van der Waals surface area contributed by atoms with Crippen LogP contribution in [0.15, 0.2) is 47.6 Å². The molecule has 1 aromatic heterocycles. The molecule has 7 heteroatoms. The van der Waals surface area contributed by atoms with Gasteiger partial charge in [-0.25, -0.2) is 13.4 Å². The summed E-state index contributed by atoms with van der Waals surface area (Å²) in [5, 5.41) is 0.00549. The Morgan fingerprint density at radius 2 is 1.48 bits per heavy atom. The van der Waals surface area contributed by atoms with Crippen LogP contribution in [0.25, 0.3) is 11.1 Å². The van der Waals surface area contributed by atoms with Crippen molar-refractivity contribution in [1.82, 2.24) is 4.98 Å². The Morgan fingerprint density at radius 3 is 1.96 bits per heavy atom. The van der Waals surface area contributed by atoms with Gasteiger partial charge in [0.2, 0.25) is 0 Å². The van der Waals surface area contributed by atoms with E-state index in [1.165, 1.54) is 24.4 Å². The molecule has 0 N–H and O–H groups in total. The van der Waals surface area contributed by atoms with Crippen molar-refractivity contribution in [3.63, 3.8) is 0 Å². The van der Waals surface area contributed by atoms with Crippen molar-refractivity contribution < 1.29 is 21.6 Å².